The Labute approximate surface area is 120 Å². The minimum absolute atomic E-state index is 0.0134. The number of hydrogen-bond acceptors (Lipinski definition) is 4. The maximum absolute atomic E-state index is 11.8. The summed E-state index contributed by atoms with van der Waals surface area (Å²) >= 11 is 1.62. The van der Waals surface area contributed by atoms with Crippen molar-refractivity contribution in [2.45, 2.75) is 12.8 Å². The van der Waals surface area contributed by atoms with Crippen LogP contribution in [0.5, 0.6) is 0 Å². The number of hydrogen-bond donors (Lipinski definition) is 1. The molecule has 0 bridgehead atoms. The Kier molecular flexibility index (Phi) is 4.84. The third-order valence-electron chi connectivity index (χ3n) is 2.86. The fraction of sp³-hybridized carbons (Fsp3) is 0.214. The van der Waals surface area contributed by atoms with Crippen LogP contribution in [0.25, 0.3) is 0 Å². The Balaban J connectivity index is 1.87. The van der Waals surface area contributed by atoms with Gasteiger partial charge in [0.15, 0.2) is 0 Å². The van der Waals surface area contributed by atoms with E-state index >= 15 is 0 Å². The number of rotatable bonds is 6. The third-order valence-corrected chi connectivity index (χ3v) is 3.59. The van der Waals surface area contributed by atoms with Crippen LogP contribution in [-0.4, -0.2) is 17.4 Å². The largest absolute Gasteiger partial charge is 0.355 e. The topological polar surface area (TPSA) is 72.2 Å². The van der Waals surface area contributed by atoms with Gasteiger partial charge in [-0.05, 0) is 28.8 Å². The number of benzene rings is 1. The van der Waals surface area contributed by atoms with Gasteiger partial charge >= 0.3 is 0 Å². The Morgan fingerprint density at radius 2 is 2.10 bits per heavy atom. The van der Waals surface area contributed by atoms with Crippen molar-refractivity contribution in [3.05, 3.63) is 62.3 Å². The van der Waals surface area contributed by atoms with E-state index in [0.29, 0.717) is 12.1 Å². The fourth-order valence-electron chi connectivity index (χ4n) is 1.86. The van der Waals surface area contributed by atoms with E-state index in [1.165, 1.54) is 11.6 Å². The minimum atomic E-state index is -0.464. The zero-order valence-electron chi connectivity index (χ0n) is 10.7. The van der Waals surface area contributed by atoms with Crippen molar-refractivity contribution in [1.82, 2.24) is 5.32 Å². The summed E-state index contributed by atoms with van der Waals surface area (Å²) in [5.74, 6) is -0.200. The third kappa shape index (κ3) is 3.89. The fourth-order valence-corrected chi connectivity index (χ4v) is 2.56. The first kappa shape index (κ1) is 14.2. The van der Waals surface area contributed by atoms with Crippen LogP contribution in [0.3, 0.4) is 0 Å². The van der Waals surface area contributed by atoms with Gasteiger partial charge in [-0.3, -0.25) is 14.9 Å². The molecule has 104 valence electrons. The summed E-state index contributed by atoms with van der Waals surface area (Å²) in [4.78, 5) is 22.2. The van der Waals surface area contributed by atoms with E-state index in [1.54, 1.807) is 29.5 Å². The predicted octanol–water partition coefficient (Wildman–Crippen LogP) is 2.56. The molecule has 1 aromatic carbocycles. The summed E-state index contributed by atoms with van der Waals surface area (Å²) in [7, 11) is 0. The number of nitrogens with one attached hydrogen (secondary N) is 1. The molecule has 0 radical (unpaired) electrons. The molecule has 1 amide bonds. The van der Waals surface area contributed by atoms with E-state index in [1.807, 2.05) is 16.8 Å². The van der Waals surface area contributed by atoms with Gasteiger partial charge < -0.3 is 5.32 Å². The molecular weight excluding hydrogens is 276 g/mol. The SMILES string of the molecule is O=C(Cc1ccccc1[N+](=O)[O-])NCCc1ccsc1. The number of nitro benzene ring substituents is 1. The molecule has 0 spiro atoms. The number of nitro groups is 1. The van der Waals surface area contributed by atoms with Gasteiger partial charge in [-0.15, -0.1) is 0 Å². The molecule has 0 aliphatic rings. The monoisotopic (exact) mass is 290 g/mol. The Morgan fingerprint density at radius 3 is 2.80 bits per heavy atom. The molecule has 0 unspecified atom stereocenters. The highest BCUT2D eigenvalue weighted by atomic mass is 32.1. The molecule has 0 aliphatic heterocycles. The highest BCUT2D eigenvalue weighted by molar-refractivity contribution is 7.07. The first-order valence-corrected chi connectivity index (χ1v) is 7.11. The van der Waals surface area contributed by atoms with E-state index in [0.717, 1.165) is 6.42 Å². The molecule has 6 heteroatoms. The van der Waals surface area contributed by atoms with Gasteiger partial charge in [0.1, 0.15) is 0 Å². The van der Waals surface area contributed by atoms with Crippen molar-refractivity contribution in [1.29, 1.82) is 0 Å². The lowest BCUT2D eigenvalue weighted by molar-refractivity contribution is -0.385. The summed E-state index contributed by atoms with van der Waals surface area (Å²) in [5, 5.41) is 17.7. The molecule has 2 aromatic rings. The maximum Gasteiger partial charge on any atom is 0.273 e. The molecule has 5 nitrogen and oxygen atoms in total. The lowest BCUT2D eigenvalue weighted by atomic mass is 10.1. The first-order chi connectivity index (χ1) is 9.66. The first-order valence-electron chi connectivity index (χ1n) is 6.17. The summed E-state index contributed by atoms with van der Waals surface area (Å²) in [6, 6.07) is 8.32. The van der Waals surface area contributed by atoms with Crippen molar-refractivity contribution in [2.24, 2.45) is 0 Å². The summed E-state index contributed by atoms with van der Waals surface area (Å²) in [5.41, 5.74) is 1.60. The van der Waals surface area contributed by atoms with Crippen molar-refractivity contribution in [2.75, 3.05) is 6.54 Å². The molecule has 0 atom stereocenters. The lowest BCUT2D eigenvalue weighted by Gasteiger charge is -2.05. The van der Waals surface area contributed by atoms with Crippen LogP contribution in [0.15, 0.2) is 41.1 Å². The average molecular weight is 290 g/mol. The molecule has 1 aromatic heterocycles. The standard InChI is InChI=1S/C14H14N2O3S/c17-14(15-7-5-11-6-8-20-10-11)9-12-3-1-2-4-13(12)16(18)19/h1-4,6,8,10H,5,7,9H2,(H,15,17). The molecule has 0 saturated carbocycles. The summed E-state index contributed by atoms with van der Waals surface area (Å²) in [6.07, 6.45) is 0.799. The van der Waals surface area contributed by atoms with E-state index in [-0.39, 0.29) is 18.0 Å². The van der Waals surface area contributed by atoms with Crippen LogP contribution < -0.4 is 5.32 Å². The van der Waals surface area contributed by atoms with Gasteiger partial charge in [0, 0.05) is 18.2 Å². The quantitative estimate of drug-likeness (QED) is 0.656. The van der Waals surface area contributed by atoms with Gasteiger partial charge in [0.2, 0.25) is 5.91 Å². The maximum atomic E-state index is 11.8. The molecule has 2 rings (SSSR count). The Morgan fingerprint density at radius 1 is 1.30 bits per heavy atom. The van der Waals surface area contributed by atoms with Gasteiger partial charge in [-0.25, -0.2) is 0 Å². The van der Waals surface area contributed by atoms with Crippen molar-refractivity contribution in [3.63, 3.8) is 0 Å². The molecule has 0 aliphatic carbocycles. The number of carbonyl (C=O) groups is 1. The van der Waals surface area contributed by atoms with Gasteiger partial charge in [0.25, 0.3) is 5.69 Å². The van der Waals surface area contributed by atoms with Crippen LogP contribution in [0, 0.1) is 10.1 Å². The van der Waals surface area contributed by atoms with E-state index in [2.05, 4.69) is 5.32 Å². The Hall–Kier alpha value is -2.21. The number of carbonyl (C=O) groups excluding carboxylic acids is 1. The van der Waals surface area contributed by atoms with Crippen LogP contribution in [0.2, 0.25) is 0 Å². The number of para-hydroxylation sites is 1. The van der Waals surface area contributed by atoms with Crippen molar-refractivity contribution < 1.29 is 9.72 Å². The predicted molar refractivity (Wildman–Crippen MR) is 77.8 cm³/mol. The highest BCUT2D eigenvalue weighted by Crippen LogP contribution is 2.17. The molecule has 1 heterocycles. The zero-order valence-corrected chi connectivity index (χ0v) is 11.6. The number of thiophene rings is 1. The molecular formula is C14H14N2O3S. The van der Waals surface area contributed by atoms with E-state index in [4.69, 9.17) is 0 Å². The van der Waals surface area contributed by atoms with Crippen LogP contribution in [0.1, 0.15) is 11.1 Å². The Bertz CT molecular complexity index is 596. The number of nitrogens with zero attached hydrogens (tertiary/aromatic N) is 1. The van der Waals surface area contributed by atoms with E-state index in [9.17, 15) is 14.9 Å². The average Bonchev–Trinajstić information content (AvgIpc) is 2.92. The number of amides is 1. The van der Waals surface area contributed by atoms with Gasteiger partial charge in [0.05, 0.1) is 11.3 Å². The second-order valence-corrected chi connectivity index (χ2v) is 5.07. The molecule has 0 saturated heterocycles. The van der Waals surface area contributed by atoms with E-state index < -0.39 is 4.92 Å². The smallest absolute Gasteiger partial charge is 0.273 e. The van der Waals surface area contributed by atoms with Gasteiger partial charge in [-0.1, -0.05) is 18.2 Å². The second kappa shape index (κ2) is 6.81. The van der Waals surface area contributed by atoms with Gasteiger partial charge in [-0.2, -0.15) is 11.3 Å². The highest BCUT2D eigenvalue weighted by Gasteiger charge is 2.14. The van der Waals surface area contributed by atoms with Crippen molar-refractivity contribution in [3.8, 4) is 0 Å². The molecule has 20 heavy (non-hydrogen) atoms. The zero-order chi connectivity index (χ0) is 14.4. The molecule has 1 N–H and O–H groups in total. The second-order valence-electron chi connectivity index (χ2n) is 4.29. The summed E-state index contributed by atoms with van der Waals surface area (Å²) < 4.78 is 0. The molecule has 0 fully saturated rings. The minimum Gasteiger partial charge on any atom is -0.355 e. The van der Waals surface area contributed by atoms with Crippen LogP contribution in [-0.2, 0) is 17.6 Å². The van der Waals surface area contributed by atoms with Crippen LogP contribution >= 0.6 is 11.3 Å². The lowest BCUT2D eigenvalue weighted by Crippen LogP contribution is -2.27. The normalized spacial score (nSPS) is 10.2. The summed E-state index contributed by atoms with van der Waals surface area (Å²) in [6.45, 7) is 0.538. The van der Waals surface area contributed by atoms with Crippen LogP contribution in [0.4, 0.5) is 5.69 Å². The van der Waals surface area contributed by atoms with Crippen molar-refractivity contribution >= 4 is 22.9 Å².